The predicted molar refractivity (Wildman–Crippen MR) is 63.5 cm³/mol. The molecule has 0 aliphatic carbocycles. The molecule has 0 bridgehead atoms. The third-order valence-corrected chi connectivity index (χ3v) is 2.43. The van der Waals surface area contributed by atoms with Crippen LogP contribution in [0, 0.1) is 6.92 Å². The van der Waals surface area contributed by atoms with Crippen LogP contribution >= 0.6 is 0 Å². The number of aliphatic carboxylic acids is 2. The summed E-state index contributed by atoms with van der Waals surface area (Å²) in [5, 5.41) is 17.5. The molecule has 1 rings (SSSR count). The zero-order valence-electron chi connectivity index (χ0n) is 9.87. The lowest BCUT2D eigenvalue weighted by molar-refractivity contribution is -0.143. The molecule has 0 amide bonds. The summed E-state index contributed by atoms with van der Waals surface area (Å²) in [6, 6.07) is 5.54. The molecule has 6 heteroatoms. The summed E-state index contributed by atoms with van der Waals surface area (Å²) < 4.78 is 5.39. The standard InChI is InChI=1S/C12H15NO5/c1-7-4-2-3-5-8(7)18-9(6-10(14)15)11(13)12(16)17/h2-5,9,11H,6,13H2,1H3,(H,14,15)(H,16,17)/t9?,11-/m0/s1. The number of carboxylic acid groups (broad SMARTS) is 2. The number of nitrogens with two attached hydrogens (primary N) is 1. The second kappa shape index (κ2) is 6.02. The molecule has 0 saturated heterocycles. The summed E-state index contributed by atoms with van der Waals surface area (Å²) >= 11 is 0. The number of carbonyl (C=O) groups is 2. The third kappa shape index (κ3) is 3.74. The van der Waals surface area contributed by atoms with Gasteiger partial charge in [-0.2, -0.15) is 0 Å². The van der Waals surface area contributed by atoms with Gasteiger partial charge in [-0.15, -0.1) is 0 Å². The molecule has 0 saturated carbocycles. The fourth-order valence-electron chi connectivity index (χ4n) is 1.42. The average Bonchev–Trinajstić information content (AvgIpc) is 2.29. The van der Waals surface area contributed by atoms with Crippen molar-refractivity contribution in [2.24, 2.45) is 5.73 Å². The Bertz CT molecular complexity index is 446. The maximum atomic E-state index is 10.8. The number of hydrogen-bond donors (Lipinski definition) is 3. The van der Waals surface area contributed by atoms with E-state index in [1.165, 1.54) is 0 Å². The van der Waals surface area contributed by atoms with E-state index < -0.39 is 30.5 Å². The second-order valence-electron chi connectivity index (χ2n) is 3.88. The zero-order valence-corrected chi connectivity index (χ0v) is 9.87. The highest BCUT2D eigenvalue weighted by Crippen LogP contribution is 2.19. The monoisotopic (exact) mass is 253 g/mol. The van der Waals surface area contributed by atoms with Gasteiger partial charge in [-0.05, 0) is 18.6 Å². The quantitative estimate of drug-likeness (QED) is 0.685. The van der Waals surface area contributed by atoms with E-state index in [0.717, 1.165) is 5.56 Å². The van der Waals surface area contributed by atoms with Gasteiger partial charge in [0.05, 0.1) is 6.42 Å². The smallest absolute Gasteiger partial charge is 0.324 e. The van der Waals surface area contributed by atoms with Gasteiger partial charge in [0.15, 0.2) is 0 Å². The van der Waals surface area contributed by atoms with Crippen LogP contribution in [0.5, 0.6) is 5.75 Å². The highest BCUT2D eigenvalue weighted by atomic mass is 16.5. The molecule has 1 aromatic carbocycles. The Labute approximate surface area is 104 Å². The summed E-state index contributed by atoms with van der Waals surface area (Å²) in [6.07, 6.45) is -1.58. The summed E-state index contributed by atoms with van der Waals surface area (Å²) in [6.45, 7) is 1.78. The molecule has 1 unspecified atom stereocenters. The molecule has 1 aromatic rings. The van der Waals surface area contributed by atoms with Crippen molar-refractivity contribution in [2.75, 3.05) is 0 Å². The minimum absolute atomic E-state index is 0.431. The Hall–Kier alpha value is -2.08. The summed E-state index contributed by atoms with van der Waals surface area (Å²) in [5.74, 6) is -2.03. The molecule has 18 heavy (non-hydrogen) atoms. The number of hydrogen-bond acceptors (Lipinski definition) is 4. The average molecular weight is 253 g/mol. The van der Waals surface area contributed by atoms with Crippen molar-refractivity contribution >= 4 is 11.9 Å². The fourth-order valence-corrected chi connectivity index (χ4v) is 1.42. The largest absolute Gasteiger partial charge is 0.487 e. The minimum Gasteiger partial charge on any atom is -0.487 e. The van der Waals surface area contributed by atoms with Crippen LogP contribution in [-0.2, 0) is 9.59 Å². The molecule has 0 spiro atoms. The first-order valence-corrected chi connectivity index (χ1v) is 5.34. The molecule has 2 atom stereocenters. The molecule has 0 aliphatic rings. The number of para-hydroxylation sites is 1. The van der Waals surface area contributed by atoms with Crippen molar-refractivity contribution in [1.29, 1.82) is 0 Å². The normalized spacial score (nSPS) is 13.7. The van der Waals surface area contributed by atoms with Crippen LogP contribution in [0.4, 0.5) is 0 Å². The summed E-state index contributed by atoms with van der Waals surface area (Å²) in [7, 11) is 0. The van der Waals surface area contributed by atoms with E-state index in [0.29, 0.717) is 5.75 Å². The van der Waals surface area contributed by atoms with Gasteiger partial charge in [-0.1, -0.05) is 18.2 Å². The van der Waals surface area contributed by atoms with Gasteiger partial charge in [0.1, 0.15) is 17.9 Å². The zero-order chi connectivity index (χ0) is 13.7. The fraction of sp³-hybridized carbons (Fsp3) is 0.333. The molecule has 0 heterocycles. The highest BCUT2D eigenvalue weighted by Gasteiger charge is 2.28. The third-order valence-electron chi connectivity index (χ3n) is 2.43. The van der Waals surface area contributed by atoms with Gasteiger partial charge in [0.25, 0.3) is 0 Å². The lowest BCUT2D eigenvalue weighted by Gasteiger charge is -2.21. The molecular weight excluding hydrogens is 238 g/mol. The number of benzene rings is 1. The lowest BCUT2D eigenvalue weighted by Crippen LogP contribution is -2.46. The maximum absolute atomic E-state index is 10.8. The first kappa shape index (κ1) is 14.0. The van der Waals surface area contributed by atoms with E-state index in [-0.39, 0.29) is 0 Å². The summed E-state index contributed by atoms with van der Waals surface area (Å²) in [5.41, 5.74) is 6.20. The molecule has 0 aliphatic heterocycles. The van der Waals surface area contributed by atoms with Crippen LogP contribution in [0.3, 0.4) is 0 Å². The van der Waals surface area contributed by atoms with Crippen molar-refractivity contribution in [3.05, 3.63) is 29.8 Å². The van der Waals surface area contributed by atoms with E-state index in [1.54, 1.807) is 31.2 Å². The highest BCUT2D eigenvalue weighted by molar-refractivity contribution is 5.76. The number of aryl methyl sites for hydroxylation is 1. The van der Waals surface area contributed by atoms with E-state index in [4.69, 9.17) is 20.7 Å². The Morgan fingerprint density at radius 3 is 2.44 bits per heavy atom. The van der Waals surface area contributed by atoms with Crippen molar-refractivity contribution in [3.63, 3.8) is 0 Å². The molecule has 0 radical (unpaired) electrons. The maximum Gasteiger partial charge on any atom is 0.324 e. The first-order valence-electron chi connectivity index (χ1n) is 5.34. The van der Waals surface area contributed by atoms with Gasteiger partial charge in [0.2, 0.25) is 0 Å². The van der Waals surface area contributed by atoms with Crippen LogP contribution in [-0.4, -0.2) is 34.3 Å². The minimum atomic E-state index is -1.39. The number of rotatable bonds is 6. The van der Waals surface area contributed by atoms with Crippen molar-refractivity contribution in [1.82, 2.24) is 0 Å². The Balaban J connectivity index is 2.88. The van der Waals surface area contributed by atoms with Crippen LogP contribution in [0.2, 0.25) is 0 Å². The SMILES string of the molecule is Cc1ccccc1OC(CC(=O)O)[C@H](N)C(=O)O. The van der Waals surface area contributed by atoms with Crippen LogP contribution in [0.1, 0.15) is 12.0 Å². The molecular formula is C12H15NO5. The Morgan fingerprint density at radius 1 is 1.33 bits per heavy atom. The molecule has 0 fully saturated rings. The molecule has 98 valence electrons. The van der Waals surface area contributed by atoms with E-state index in [1.807, 2.05) is 0 Å². The van der Waals surface area contributed by atoms with E-state index in [2.05, 4.69) is 0 Å². The summed E-state index contributed by atoms with van der Waals surface area (Å²) in [4.78, 5) is 21.5. The second-order valence-corrected chi connectivity index (χ2v) is 3.88. The molecule has 6 nitrogen and oxygen atoms in total. The van der Waals surface area contributed by atoms with Crippen molar-refractivity contribution in [3.8, 4) is 5.75 Å². The van der Waals surface area contributed by atoms with Gasteiger partial charge in [-0.25, -0.2) is 0 Å². The van der Waals surface area contributed by atoms with Gasteiger partial charge >= 0.3 is 11.9 Å². The van der Waals surface area contributed by atoms with Crippen LogP contribution in [0.25, 0.3) is 0 Å². The topological polar surface area (TPSA) is 110 Å². The number of carboxylic acids is 2. The van der Waals surface area contributed by atoms with Crippen molar-refractivity contribution in [2.45, 2.75) is 25.5 Å². The van der Waals surface area contributed by atoms with Crippen LogP contribution < -0.4 is 10.5 Å². The molecule has 0 aromatic heterocycles. The van der Waals surface area contributed by atoms with Gasteiger partial charge < -0.3 is 20.7 Å². The van der Waals surface area contributed by atoms with Crippen molar-refractivity contribution < 1.29 is 24.5 Å². The molecule has 4 N–H and O–H groups in total. The van der Waals surface area contributed by atoms with E-state index >= 15 is 0 Å². The lowest BCUT2D eigenvalue weighted by atomic mass is 10.1. The number of ether oxygens (including phenoxy) is 1. The first-order chi connectivity index (χ1) is 8.41. The van der Waals surface area contributed by atoms with Gasteiger partial charge in [-0.3, -0.25) is 9.59 Å². The van der Waals surface area contributed by atoms with Gasteiger partial charge in [0, 0.05) is 0 Å². The Kier molecular flexibility index (Phi) is 4.67. The Morgan fingerprint density at radius 2 is 1.94 bits per heavy atom. The van der Waals surface area contributed by atoms with Crippen LogP contribution in [0.15, 0.2) is 24.3 Å². The van der Waals surface area contributed by atoms with E-state index in [9.17, 15) is 9.59 Å². The predicted octanol–water partition coefficient (Wildman–Crippen LogP) is 0.629.